The summed E-state index contributed by atoms with van der Waals surface area (Å²) in [5, 5.41) is 19.1. The van der Waals surface area contributed by atoms with Crippen molar-refractivity contribution in [3.63, 3.8) is 0 Å². The second-order valence-electron chi connectivity index (χ2n) is 3.63. The molecular weight excluding hydrogens is 214 g/mol. The third kappa shape index (κ3) is 3.09. The monoisotopic (exact) mass is 229 g/mol. The molecule has 1 rings (SSSR count). The van der Waals surface area contributed by atoms with Gasteiger partial charge in [0.15, 0.2) is 0 Å². The average molecular weight is 230 g/mol. The van der Waals surface area contributed by atoms with Gasteiger partial charge in [0.1, 0.15) is 5.75 Å². The number of halogens is 1. The summed E-state index contributed by atoms with van der Waals surface area (Å²) < 4.78 is 0. The van der Waals surface area contributed by atoms with E-state index in [-0.39, 0.29) is 18.4 Å². The van der Waals surface area contributed by atoms with Crippen molar-refractivity contribution < 1.29 is 10.2 Å². The minimum absolute atomic E-state index is 0.105. The van der Waals surface area contributed by atoms with Gasteiger partial charge >= 0.3 is 0 Å². The van der Waals surface area contributed by atoms with Gasteiger partial charge < -0.3 is 15.9 Å². The van der Waals surface area contributed by atoms with Crippen molar-refractivity contribution in [2.45, 2.75) is 25.8 Å². The number of hydrogen-bond acceptors (Lipinski definition) is 3. The zero-order valence-corrected chi connectivity index (χ0v) is 9.46. The zero-order valence-electron chi connectivity index (χ0n) is 8.70. The Labute approximate surface area is 94.5 Å². The fraction of sp³-hybridized carbons (Fsp3) is 0.455. The van der Waals surface area contributed by atoms with Crippen molar-refractivity contribution in [1.29, 1.82) is 0 Å². The van der Waals surface area contributed by atoms with Crippen molar-refractivity contribution in [2.75, 3.05) is 6.61 Å². The van der Waals surface area contributed by atoms with E-state index < -0.39 is 0 Å². The highest BCUT2D eigenvalue weighted by molar-refractivity contribution is 6.30. The molecule has 0 aliphatic rings. The summed E-state index contributed by atoms with van der Waals surface area (Å²) >= 11 is 5.88. The predicted octanol–water partition coefficient (Wildman–Crippen LogP) is 2.13. The first-order valence-electron chi connectivity index (χ1n) is 4.91. The maximum absolute atomic E-state index is 9.79. The molecule has 1 aromatic rings. The Hall–Kier alpha value is -0.770. The summed E-state index contributed by atoms with van der Waals surface area (Å²) in [6.45, 7) is 1.89. The van der Waals surface area contributed by atoms with Crippen molar-refractivity contribution in [2.24, 2.45) is 5.73 Å². The lowest BCUT2D eigenvalue weighted by molar-refractivity contribution is 0.279. The molecule has 0 saturated carbocycles. The van der Waals surface area contributed by atoms with Crippen LogP contribution in [0, 0.1) is 6.92 Å². The van der Waals surface area contributed by atoms with Gasteiger partial charge in [-0.1, -0.05) is 11.6 Å². The summed E-state index contributed by atoms with van der Waals surface area (Å²) in [5.41, 5.74) is 7.26. The molecule has 4 N–H and O–H groups in total. The topological polar surface area (TPSA) is 66.5 Å². The van der Waals surface area contributed by atoms with E-state index in [0.717, 1.165) is 5.56 Å². The number of aliphatic hydroxyl groups is 1. The van der Waals surface area contributed by atoms with Gasteiger partial charge in [-0.15, -0.1) is 0 Å². The SMILES string of the molecule is Cc1cc(Cl)cc([C@@H](N)CCCO)c1O. The Morgan fingerprint density at radius 2 is 2.13 bits per heavy atom. The van der Waals surface area contributed by atoms with Crippen molar-refractivity contribution >= 4 is 11.6 Å². The molecule has 0 fully saturated rings. The summed E-state index contributed by atoms with van der Waals surface area (Å²) in [4.78, 5) is 0. The number of phenols is 1. The Kier molecular flexibility index (Phi) is 4.39. The van der Waals surface area contributed by atoms with Crippen LogP contribution >= 0.6 is 11.6 Å². The molecule has 15 heavy (non-hydrogen) atoms. The lowest BCUT2D eigenvalue weighted by Crippen LogP contribution is -2.11. The number of aromatic hydroxyl groups is 1. The molecule has 1 aromatic carbocycles. The first-order valence-corrected chi connectivity index (χ1v) is 5.29. The normalized spacial score (nSPS) is 12.8. The summed E-state index contributed by atoms with van der Waals surface area (Å²) in [6.07, 6.45) is 1.25. The van der Waals surface area contributed by atoms with E-state index in [1.165, 1.54) is 0 Å². The highest BCUT2D eigenvalue weighted by Crippen LogP contribution is 2.31. The van der Waals surface area contributed by atoms with Gasteiger partial charge in [-0.3, -0.25) is 0 Å². The Balaban J connectivity index is 2.92. The molecular formula is C11H16ClNO2. The third-order valence-electron chi connectivity index (χ3n) is 2.37. The van der Waals surface area contributed by atoms with Gasteiger partial charge in [-0.05, 0) is 37.5 Å². The number of benzene rings is 1. The van der Waals surface area contributed by atoms with Crippen LogP contribution in [-0.2, 0) is 0 Å². The van der Waals surface area contributed by atoms with Crippen LogP contribution in [0.5, 0.6) is 5.75 Å². The van der Waals surface area contributed by atoms with E-state index in [0.29, 0.717) is 23.4 Å². The molecule has 0 radical (unpaired) electrons. The molecule has 0 spiro atoms. The quantitative estimate of drug-likeness (QED) is 0.741. The van der Waals surface area contributed by atoms with E-state index in [4.69, 9.17) is 22.4 Å². The van der Waals surface area contributed by atoms with E-state index >= 15 is 0 Å². The van der Waals surface area contributed by atoms with E-state index in [1.54, 1.807) is 19.1 Å². The van der Waals surface area contributed by atoms with Crippen LogP contribution in [0.25, 0.3) is 0 Å². The van der Waals surface area contributed by atoms with Crippen LogP contribution < -0.4 is 5.73 Å². The Morgan fingerprint density at radius 3 is 2.73 bits per heavy atom. The lowest BCUT2D eigenvalue weighted by atomic mass is 10.00. The molecule has 0 heterocycles. The van der Waals surface area contributed by atoms with Crippen LogP contribution in [0.3, 0.4) is 0 Å². The second-order valence-corrected chi connectivity index (χ2v) is 4.07. The van der Waals surface area contributed by atoms with E-state index in [1.807, 2.05) is 0 Å². The third-order valence-corrected chi connectivity index (χ3v) is 2.59. The summed E-state index contributed by atoms with van der Waals surface area (Å²) in [5.74, 6) is 0.199. The van der Waals surface area contributed by atoms with Gasteiger partial charge in [0, 0.05) is 23.2 Å². The molecule has 0 unspecified atom stereocenters. The van der Waals surface area contributed by atoms with Crippen LogP contribution in [0.2, 0.25) is 5.02 Å². The van der Waals surface area contributed by atoms with Gasteiger partial charge in [-0.2, -0.15) is 0 Å². The van der Waals surface area contributed by atoms with Crippen LogP contribution in [0.15, 0.2) is 12.1 Å². The van der Waals surface area contributed by atoms with Crippen molar-refractivity contribution in [1.82, 2.24) is 0 Å². The fourth-order valence-corrected chi connectivity index (χ4v) is 1.79. The minimum atomic E-state index is -0.283. The number of nitrogens with two attached hydrogens (primary N) is 1. The maximum atomic E-state index is 9.79. The van der Waals surface area contributed by atoms with E-state index in [2.05, 4.69) is 0 Å². The second kappa shape index (κ2) is 5.35. The number of rotatable bonds is 4. The molecule has 4 heteroatoms. The van der Waals surface area contributed by atoms with Crippen LogP contribution in [0.4, 0.5) is 0 Å². The standard InChI is InChI=1S/C11H16ClNO2/c1-7-5-8(12)6-9(11(7)15)10(13)3-2-4-14/h5-6,10,14-15H,2-4,13H2,1H3/t10-/m0/s1. The predicted molar refractivity (Wildman–Crippen MR) is 61.1 cm³/mol. The molecule has 3 nitrogen and oxygen atoms in total. The minimum Gasteiger partial charge on any atom is -0.507 e. The fourth-order valence-electron chi connectivity index (χ4n) is 1.51. The van der Waals surface area contributed by atoms with Crippen molar-refractivity contribution in [3.8, 4) is 5.75 Å². The largest absolute Gasteiger partial charge is 0.507 e. The zero-order chi connectivity index (χ0) is 11.4. The molecule has 0 aliphatic heterocycles. The number of phenolic OH excluding ortho intramolecular Hbond substituents is 1. The molecule has 0 amide bonds. The molecule has 84 valence electrons. The number of hydrogen-bond donors (Lipinski definition) is 3. The maximum Gasteiger partial charge on any atom is 0.123 e. The molecule has 0 bridgehead atoms. The van der Waals surface area contributed by atoms with Gasteiger partial charge in [0.25, 0.3) is 0 Å². The highest BCUT2D eigenvalue weighted by Gasteiger charge is 2.13. The molecule has 0 aliphatic carbocycles. The molecule has 0 aromatic heterocycles. The Morgan fingerprint density at radius 1 is 1.47 bits per heavy atom. The van der Waals surface area contributed by atoms with Gasteiger partial charge in [0.2, 0.25) is 0 Å². The lowest BCUT2D eigenvalue weighted by Gasteiger charge is -2.15. The summed E-state index contributed by atoms with van der Waals surface area (Å²) in [6, 6.07) is 3.08. The van der Waals surface area contributed by atoms with Crippen molar-refractivity contribution in [3.05, 3.63) is 28.3 Å². The van der Waals surface area contributed by atoms with Crippen LogP contribution in [-0.4, -0.2) is 16.8 Å². The van der Waals surface area contributed by atoms with Crippen LogP contribution in [0.1, 0.15) is 30.0 Å². The number of aliphatic hydroxyl groups excluding tert-OH is 1. The summed E-state index contributed by atoms with van der Waals surface area (Å²) in [7, 11) is 0. The molecule has 0 saturated heterocycles. The smallest absolute Gasteiger partial charge is 0.123 e. The Bertz CT molecular complexity index is 342. The van der Waals surface area contributed by atoms with Gasteiger partial charge in [-0.25, -0.2) is 0 Å². The average Bonchev–Trinajstić information content (AvgIpc) is 2.19. The first-order chi connectivity index (χ1) is 7.06. The number of aryl methyl sites for hydroxylation is 1. The first kappa shape index (κ1) is 12.3. The van der Waals surface area contributed by atoms with E-state index in [9.17, 15) is 5.11 Å². The highest BCUT2D eigenvalue weighted by atomic mass is 35.5. The molecule has 1 atom stereocenters. The van der Waals surface area contributed by atoms with Gasteiger partial charge in [0.05, 0.1) is 0 Å².